The van der Waals surface area contributed by atoms with Crippen molar-refractivity contribution in [3.8, 4) is 0 Å². The van der Waals surface area contributed by atoms with Gasteiger partial charge in [-0.25, -0.2) is 4.79 Å². The number of unbranched alkanes of at least 4 members (excludes halogenated alkanes) is 1. The molecule has 1 N–H and O–H groups in total. The van der Waals surface area contributed by atoms with Gasteiger partial charge in [0.25, 0.3) is 0 Å². The number of aliphatic carboxylic acids is 1. The second-order valence-corrected chi connectivity index (χ2v) is 5.88. The highest BCUT2D eigenvalue weighted by atomic mass is 32.2. The van der Waals surface area contributed by atoms with Crippen LogP contribution in [-0.4, -0.2) is 32.6 Å². The van der Waals surface area contributed by atoms with Crippen LogP contribution in [0.5, 0.6) is 0 Å². The normalized spacial score (nSPS) is 12.4. The van der Waals surface area contributed by atoms with E-state index in [-0.39, 0.29) is 5.69 Å². The van der Waals surface area contributed by atoms with E-state index in [2.05, 4.69) is 11.2 Å². The van der Waals surface area contributed by atoms with Crippen molar-refractivity contribution in [1.29, 1.82) is 0 Å². The number of carboxylic acids is 1. The maximum atomic E-state index is 12.0. The second kappa shape index (κ2) is 7.47. The van der Waals surface area contributed by atoms with Gasteiger partial charge < -0.3 is 5.11 Å². The van der Waals surface area contributed by atoms with Gasteiger partial charge in [-0.1, -0.05) is 0 Å². The molecule has 0 aliphatic heterocycles. The highest BCUT2D eigenvalue weighted by Crippen LogP contribution is 2.21. The van der Waals surface area contributed by atoms with E-state index in [1.54, 1.807) is 37.1 Å². The molecule has 0 aromatic carbocycles. The Kier molecular flexibility index (Phi) is 6.26. The van der Waals surface area contributed by atoms with E-state index >= 15 is 0 Å². The summed E-state index contributed by atoms with van der Waals surface area (Å²) in [6, 6.07) is 0. The molecule has 0 fully saturated rings. The molecule has 5 nitrogen and oxygen atoms in total. The predicted octanol–water partition coefficient (Wildman–Crippen LogP) is 2.19. The molecule has 1 heterocycles. The smallest absolute Gasteiger partial charge is 0.347 e. The number of carboxylic acid groups (broad SMARTS) is 1. The zero-order valence-corrected chi connectivity index (χ0v) is 13.3. The van der Waals surface area contributed by atoms with Crippen LogP contribution in [0.4, 0.5) is 0 Å². The van der Waals surface area contributed by atoms with E-state index in [0.29, 0.717) is 17.8 Å². The third-order valence-corrected chi connectivity index (χ3v) is 4.16. The quantitative estimate of drug-likeness (QED) is 0.781. The number of hydrogen-bond acceptors (Lipinski definition) is 4. The summed E-state index contributed by atoms with van der Waals surface area (Å²) in [5, 5.41) is 9.17. The van der Waals surface area contributed by atoms with Crippen molar-refractivity contribution < 1.29 is 9.90 Å². The summed E-state index contributed by atoms with van der Waals surface area (Å²) in [7, 11) is 0. The monoisotopic (exact) mass is 298 g/mol. The number of nitrogens with zero attached hydrogens (tertiary/aromatic N) is 2. The highest BCUT2D eigenvalue weighted by molar-refractivity contribution is 7.98. The molecule has 0 bridgehead atoms. The Morgan fingerprint density at radius 3 is 2.60 bits per heavy atom. The van der Waals surface area contributed by atoms with Crippen LogP contribution in [0.1, 0.15) is 42.6 Å². The van der Waals surface area contributed by atoms with Gasteiger partial charge in [-0.15, -0.1) is 0 Å². The van der Waals surface area contributed by atoms with Crippen LogP contribution in [0.25, 0.3) is 0 Å². The van der Waals surface area contributed by atoms with Gasteiger partial charge in [0.15, 0.2) is 0 Å². The van der Waals surface area contributed by atoms with Gasteiger partial charge in [-0.05, 0) is 45.6 Å². The average molecular weight is 298 g/mol. The Morgan fingerprint density at radius 2 is 2.05 bits per heavy atom. The molecule has 0 saturated carbocycles. The number of rotatable bonds is 7. The van der Waals surface area contributed by atoms with E-state index in [0.717, 1.165) is 24.3 Å². The van der Waals surface area contributed by atoms with Crippen molar-refractivity contribution in [1.82, 2.24) is 9.55 Å². The van der Waals surface area contributed by atoms with Crippen LogP contribution >= 0.6 is 11.8 Å². The van der Waals surface area contributed by atoms with Crippen LogP contribution in [0.2, 0.25) is 0 Å². The molecule has 1 unspecified atom stereocenters. The number of aromatic nitrogens is 2. The van der Waals surface area contributed by atoms with Gasteiger partial charge in [0.2, 0.25) is 0 Å². The van der Waals surface area contributed by atoms with Gasteiger partial charge >= 0.3 is 11.7 Å². The average Bonchev–Trinajstić information content (AvgIpc) is 2.37. The molecule has 0 amide bonds. The molecule has 0 radical (unpaired) electrons. The summed E-state index contributed by atoms with van der Waals surface area (Å²) in [5.41, 5.74) is 1.61. The van der Waals surface area contributed by atoms with E-state index < -0.39 is 11.9 Å². The SMILES string of the molecule is CSCCCCn1c(C)c(C(C)C(=O)O)c(C)nc1=O. The molecule has 1 aromatic heterocycles. The summed E-state index contributed by atoms with van der Waals surface area (Å²) >= 11 is 1.78. The molecular weight excluding hydrogens is 276 g/mol. The van der Waals surface area contributed by atoms with Crippen LogP contribution in [0.15, 0.2) is 4.79 Å². The Labute approximate surface area is 123 Å². The molecule has 112 valence electrons. The van der Waals surface area contributed by atoms with Gasteiger partial charge in [-0.2, -0.15) is 16.7 Å². The Balaban J connectivity index is 3.09. The largest absolute Gasteiger partial charge is 0.481 e. The van der Waals surface area contributed by atoms with Gasteiger partial charge in [0, 0.05) is 23.5 Å². The molecule has 0 aliphatic carbocycles. The summed E-state index contributed by atoms with van der Waals surface area (Å²) in [6.45, 7) is 5.72. The lowest BCUT2D eigenvalue weighted by atomic mass is 9.98. The fraction of sp³-hybridized carbons (Fsp3) is 0.643. The number of thioether (sulfide) groups is 1. The van der Waals surface area contributed by atoms with Crippen LogP contribution in [-0.2, 0) is 11.3 Å². The molecule has 20 heavy (non-hydrogen) atoms. The summed E-state index contributed by atoms with van der Waals surface area (Å²) in [5.74, 6) is -0.489. The van der Waals surface area contributed by atoms with Crippen molar-refractivity contribution in [3.05, 3.63) is 27.4 Å². The molecule has 0 spiro atoms. The van der Waals surface area contributed by atoms with E-state index in [1.165, 1.54) is 0 Å². The molecular formula is C14H22N2O3S. The minimum absolute atomic E-state index is 0.287. The minimum Gasteiger partial charge on any atom is -0.481 e. The first-order valence-electron chi connectivity index (χ1n) is 6.69. The minimum atomic E-state index is -0.898. The van der Waals surface area contributed by atoms with Crippen molar-refractivity contribution >= 4 is 17.7 Å². The zero-order chi connectivity index (χ0) is 15.3. The number of carbonyl (C=O) groups is 1. The third-order valence-electron chi connectivity index (χ3n) is 3.46. The first-order valence-corrected chi connectivity index (χ1v) is 8.09. The fourth-order valence-electron chi connectivity index (χ4n) is 2.34. The van der Waals surface area contributed by atoms with E-state index in [4.69, 9.17) is 0 Å². The molecule has 6 heteroatoms. The molecule has 1 rings (SSSR count). The number of hydrogen-bond donors (Lipinski definition) is 1. The van der Waals surface area contributed by atoms with Crippen molar-refractivity contribution in [2.45, 2.75) is 46.1 Å². The second-order valence-electron chi connectivity index (χ2n) is 4.89. The van der Waals surface area contributed by atoms with Crippen molar-refractivity contribution in [3.63, 3.8) is 0 Å². The van der Waals surface area contributed by atoms with Crippen LogP contribution in [0, 0.1) is 13.8 Å². The van der Waals surface area contributed by atoms with E-state index in [9.17, 15) is 14.7 Å². The molecule has 0 saturated heterocycles. The predicted molar refractivity (Wildman–Crippen MR) is 81.6 cm³/mol. The van der Waals surface area contributed by atoms with Crippen molar-refractivity contribution in [2.75, 3.05) is 12.0 Å². The van der Waals surface area contributed by atoms with Gasteiger partial charge in [-0.3, -0.25) is 9.36 Å². The lowest BCUT2D eigenvalue weighted by Crippen LogP contribution is -2.29. The lowest BCUT2D eigenvalue weighted by molar-refractivity contribution is -0.138. The summed E-state index contributed by atoms with van der Waals surface area (Å²) in [6.07, 6.45) is 3.98. The first kappa shape index (κ1) is 16.8. The van der Waals surface area contributed by atoms with Crippen molar-refractivity contribution in [2.24, 2.45) is 0 Å². The topological polar surface area (TPSA) is 72.2 Å². The first-order chi connectivity index (χ1) is 9.40. The maximum Gasteiger partial charge on any atom is 0.347 e. The molecule has 1 atom stereocenters. The van der Waals surface area contributed by atoms with Gasteiger partial charge in [0.1, 0.15) is 0 Å². The van der Waals surface area contributed by atoms with Crippen LogP contribution in [0.3, 0.4) is 0 Å². The highest BCUT2D eigenvalue weighted by Gasteiger charge is 2.21. The maximum absolute atomic E-state index is 12.0. The lowest BCUT2D eigenvalue weighted by Gasteiger charge is -2.17. The Hall–Kier alpha value is -1.30. The van der Waals surface area contributed by atoms with Gasteiger partial charge in [0.05, 0.1) is 5.92 Å². The molecule has 1 aromatic rings. The van der Waals surface area contributed by atoms with Crippen LogP contribution < -0.4 is 5.69 Å². The Bertz CT molecular complexity index is 540. The summed E-state index contributed by atoms with van der Waals surface area (Å²) in [4.78, 5) is 27.1. The Morgan fingerprint density at radius 1 is 1.40 bits per heavy atom. The standard InChI is InChI=1S/C14H22N2O3S/c1-9(13(17)18)12-10(2)15-14(19)16(11(12)3)7-5-6-8-20-4/h9H,5-8H2,1-4H3,(H,17,18). The number of aryl methyl sites for hydroxylation is 1. The molecule has 0 aliphatic rings. The van der Waals surface area contributed by atoms with E-state index in [1.807, 2.05) is 0 Å². The summed E-state index contributed by atoms with van der Waals surface area (Å²) < 4.78 is 1.60. The zero-order valence-electron chi connectivity index (χ0n) is 12.5. The third kappa shape index (κ3) is 3.85. The fourth-order valence-corrected chi connectivity index (χ4v) is 2.84.